The summed E-state index contributed by atoms with van der Waals surface area (Å²) >= 11 is 0. The standard InChI is InChI=1S/C24H24N2O2/c1-28-21-13-10-19(11-14-21)16-26-22-9-5-8-20(17-27)24(22)25-23(26)15-12-18-6-3-2-4-7-18/h2-11,13-14,27H,12,15-17H2,1H3. The summed E-state index contributed by atoms with van der Waals surface area (Å²) in [6.45, 7) is 0.731. The molecule has 4 aromatic rings. The SMILES string of the molecule is COc1ccc(Cn2c(CCc3ccccc3)nc3c(CO)cccc32)cc1. The van der Waals surface area contributed by atoms with Gasteiger partial charge in [0, 0.05) is 18.5 Å². The number of ether oxygens (including phenoxy) is 1. The molecule has 142 valence electrons. The fourth-order valence-corrected chi connectivity index (χ4v) is 3.56. The van der Waals surface area contributed by atoms with E-state index in [2.05, 4.69) is 47.0 Å². The van der Waals surface area contributed by atoms with Gasteiger partial charge in [0.15, 0.2) is 0 Å². The predicted molar refractivity (Wildman–Crippen MR) is 112 cm³/mol. The lowest BCUT2D eigenvalue weighted by Crippen LogP contribution is -2.06. The van der Waals surface area contributed by atoms with Crippen LogP contribution < -0.4 is 4.74 Å². The molecule has 1 heterocycles. The maximum atomic E-state index is 9.73. The number of nitrogens with zero attached hydrogens (tertiary/aromatic N) is 2. The Hall–Kier alpha value is -3.11. The molecule has 0 saturated heterocycles. The van der Waals surface area contributed by atoms with Crippen LogP contribution in [0.4, 0.5) is 0 Å². The Morgan fingerprint density at radius 1 is 0.857 bits per heavy atom. The van der Waals surface area contributed by atoms with Gasteiger partial charge >= 0.3 is 0 Å². The Bertz CT molecular complexity index is 1050. The number of fused-ring (bicyclic) bond motifs is 1. The molecule has 0 atom stereocenters. The maximum Gasteiger partial charge on any atom is 0.118 e. The van der Waals surface area contributed by atoms with Gasteiger partial charge in [-0.2, -0.15) is 0 Å². The van der Waals surface area contributed by atoms with Gasteiger partial charge in [-0.3, -0.25) is 0 Å². The predicted octanol–water partition coefficient (Wildman–Crippen LogP) is 4.37. The van der Waals surface area contributed by atoms with E-state index in [-0.39, 0.29) is 6.61 Å². The first-order chi connectivity index (χ1) is 13.8. The number of methoxy groups -OCH3 is 1. The molecule has 28 heavy (non-hydrogen) atoms. The highest BCUT2D eigenvalue weighted by atomic mass is 16.5. The molecule has 4 nitrogen and oxygen atoms in total. The minimum atomic E-state index is -0.00495. The van der Waals surface area contributed by atoms with Crippen LogP contribution in [0.15, 0.2) is 72.8 Å². The number of para-hydroxylation sites is 1. The normalized spacial score (nSPS) is 11.1. The van der Waals surface area contributed by atoms with Gasteiger partial charge in [-0.25, -0.2) is 4.98 Å². The number of rotatable bonds is 7. The Morgan fingerprint density at radius 3 is 2.36 bits per heavy atom. The van der Waals surface area contributed by atoms with Crippen LogP contribution in [0.3, 0.4) is 0 Å². The molecular formula is C24H24N2O2. The average molecular weight is 372 g/mol. The molecule has 4 rings (SSSR count). The summed E-state index contributed by atoms with van der Waals surface area (Å²) in [7, 11) is 1.68. The molecule has 0 unspecified atom stereocenters. The molecule has 0 fully saturated rings. The van der Waals surface area contributed by atoms with Crippen molar-refractivity contribution in [2.45, 2.75) is 26.0 Å². The number of hydrogen-bond donors (Lipinski definition) is 1. The first-order valence-electron chi connectivity index (χ1n) is 9.53. The second kappa shape index (κ2) is 8.28. The van der Waals surface area contributed by atoms with E-state index in [0.29, 0.717) is 0 Å². The van der Waals surface area contributed by atoms with Crippen LogP contribution in [-0.2, 0) is 26.0 Å². The number of aromatic nitrogens is 2. The highest BCUT2D eigenvalue weighted by Crippen LogP contribution is 2.23. The molecule has 0 amide bonds. The van der Waals surface area contributed by atoms with E-state index in [9.17, 15) is 5.11 Å². The summed E-state index contributed by atoms with van der Waals surface area (Å²) in [5.41, 5.74) is 5.31. The second-order valence-corrected chi connectivity index (χ2v) is 6.89. The number of aliphatic hydroxyl groups is 1. The molecule has 0 saturated carbocycles. The Kier molecular flexibility index (Phi) is 5.40. The van der Waals surface area contributed by atoms with Gasteiger partial charge in [0.1, 0.15) is 11.6 Å². The van der Waals surface area contributed by atoms with Crippen molar-refractivity contribution < 1.29 is 9.84 Å². The first-order valence-corrected chi connectivity index (χ1v) is 9.53. The molecule has 1 aromatic heterocycles. The Morgan fingerprint density at radius 2 is 1.64 bits per heavy atom. The van der Waals surface area contributed by atoms with E-state index in [1.54, 1.807) is 7.11 Å². The zero-order valence-corrected chi connectivity index (χ0v) is 16.0. The number of hydrogen-bond acceptors (Lipinski definition) is 3. The van der Waals surface area contributed by atoms with Gasteiger partial charge in [0.2, 0.25) is 0 Å². The highest BCUT2D eigenvalue weighted by molar-refractivity contribution is 5.79. The second-order valence-electron chi connectivity index (χ2n) is 6.89. The van der Waals surface area contributed by atoms with Crippen LogP contribution in [-0.4, -0.2) is 21.8 Å². The fourth-order valence-electron chi connectivity index (χ4n) is 3.56. The van der Waals surface area contributed by atoms with Gasteiger partial charge in [-0.15, -0.1) is 0 Å². The smallest absolute Gasteiger partial charge is 0.118 e. The average Bonchev–Trinajstić information content (AvgIpc) is 3.11. The lowest BCUT2D eigenvalue weighted by atomic mass is 10.1. The summed E-state index contributed by atoms with van der Waals surface area (Å²) in [4.78, 5) is 4.91. The third-order valence-corrected chi connectivity index (χ3v) is 5.09. The molecule has 0 aliphatic rings. The summed E-state index contributed by atoms with van der Waals surface area (Å²) < 4.78 is 7.53. The van der Waals surface area contributed by atoms with Crippen LogP contribution in [0.5, 0.6) is 5.75 Å². The Labute approximate surface area is 165 Å². The van der Waals surface area contributed by atoms with Gasteiger partial charge in [0.25, 0.3) is 0 Å². The number of aliphatic hydroxyl groups excluding tert-OH is 1. The summed E-state index contributed by atoms with van der Waals surface area (Å²) in [6.07, 6.45) is 1.78. The van der Waals surface area contributed by atoms with E-state index in [1.165, 1.54) is 11.1 Å². The minimum absolute atomic E-state index is 0.00495. The topological polar surface area (TPSA) is 47.3 Å². The van der Waals surface area contributed by atoms with Crippen LogP contribution >= 0.6 is 0 Å². The van der Waals surface area contributed by atoms with Crippen LogP contribution in [0, 0.1) is 0 Å². The van der Waals surface area contributed by atoms with Crippen molar-refractivity contribution in [1.82, 2.24) is 9.55 Å². The molecule has 3 aromatic carbocycles. The van der Waals surface area contributed by atoms with E-state index >= 15 is 0 Å². The van der Waals surface area contributed by atoms with E-state index in [0.717, 1.165) is 47.6 Å². The molecule has 0 aliphatic heterocycles. The largest absolute Gasteiger partial charge is 0.497 e. The number of benzene rings is 3. The van der Waals surface area contributed by atoms with E-state index in [4.69, 9.17) is 9.72 Å². The van der Waals surface area contributed by atoms with Gasteiger partial charge in [-0.1, -0.05) is 54.6 Å². The molecule has 0 radical (unpaired) electrons. The van der Waals surface area contributed by atoms with Crippen molar-refractivity contribution in [3.63, 3.8) is 0 Å². The summed E-state index contributed by atoms with van der Waals surface area (Å²) in [5, 5.41) is 9.73. The number of aryl methyl sites for hydroxylation is 2. The minimum Gasteiger partial charge on any atom is -0.497 e. The van der Waals surface area contributed by atoms with E-state index < -0.39 is 0 Å². The van der Waals surface area contributed by atoms with Crippen molar-refractivity contribution in [3.05, 3.63) is 95.3 Å². The molecule has 4 heteroatoms. The lowest BCUT2D eigenvalue weighted by molar-refractivity contribution is 0.283. The van der Waals surface area contributed by atoms with Crippen LogP contribution in [0.2, 0.25) is 0 Å². The van der Waals surface area contributed by atoms with Crippen LogP contribution in [0.1, 0.15) is 22.5 Å². The number of imidazole rings is 1. The quantitative estimate of drug-likeness (QED) is 0.524. The van der Waals surface area contributed by atoms with Gasteiger partial charge in [0.05, 0.1) is 24.8 Å². The maximum absolute atomic E-state index is 9.73. The summed E-state index contributed by atoms with van der Waals surface area (Å²) in [6, 6.07) is 24.6. The molecule has 0 bridgehead atoms. The third kappa shape index (κ3) is 3.78. The van der Waals surface area contributed by atoms with Crippen LogP contribution in [0.25, 0.3) is 11.0 Å². The van der Waals surface area contributed by atoms with E-state index in [1.807, 2.05) is 30.3 Å². The zero-order valence-electron chi connectivity index (χ0n) is 16.0. The van der Waals surface area contributed by atoms with Gasteiger partial charge < -0.3 is 14.4 Å². The monoisotopic (exact) mass is 372 g/mol. The fraction of sp³-hybridized carbons (Fsp3) is 0.208. The Balaban J connectivity index is 1.70. The highest BCUT2D eigenvalue weighted by Gasteiger charge is 2.14. The first kappa shape index (κ1) is 18.3. The lowest BCUT2D eigenvalue weighted by Gasteiger charge is -2.10. The van der Waals surface area contributed by atoms with Crippen molar-refractivity contribution in [3.8, 4) is 5.75 Å². The van der Waals surface area contributed by atoms with Crippen molar-refractivity contribution in [2.75, 3.05) is 7.11 Å². The zero-order chi connectivity index (χ0) is 19.3. The third-order valence-electron chi connectivity index (χ3n) is 5.09. The van der Waals surface area contributed by atoms with Crippen molar-refractivity contribution in [1.29, 1.82) is 0 Å². The molecule has 0 aliphatic carbocycles. The van der Waals surface area contributed by atoms with Crippen molar-refractivity contribution >= 4 is 11.0 Å². The molecule has 0 spiro atoms. The molecule has 1 N–H and O–H groups in total. The molecular weight excluding hydrogens is 348 g/mol. The van der Waals surface area contributed by atoms with Gasteiger partial charge in [-0.05, 0) is 35.7 Å². The van der Waals surface area contributed by atoms with Crippen molar-refractivity contribution in [2.24, 2.45) is 0 Å². The summed E-state index contributed by atoms with van der Waals surface area (Å²) in [5.74, 6) is 1.89.